The van der Waals surface area contributed by atoms with E-state index in [1.807, 2.05) is 0 Å². The Balaban J connectivity index is 2.07. The zero-order chi connectivity index (χ0) is 17.3. The maximum atomic E-state index is 12.7. The number of anilines is 1. The summed E-state index contributed by atoms with van der Waals surface area (Å²) in [7, 11) is 0. The van der Waals surface area contributed by atoms with Gasteiger partial charge in [0, 0.05) is 17.5 Å². The van der Waals surface area contributed by atoms with E-state index in [0.29, 0.717) is 17.7 Å². The van der Waals surface area contributed by atoms with Gasteiger partial charge in [-0.2, -0.15) is 0 Å². The highest BCUT2D eigenvalue weighted by molar-refractivity contribution is 6.17. The maximum Gasteiger partial charge on any atom is 0.336 e. The molecule has 0 unspecified atom stereocenters. The number of nitrogens with two attached hydrogens (primary N) is 1. The molecule has 0 bridgehead atoms. The number of fused-ring (bicyclic) bond motifs is 1. The van der Waals surface area contributed by atoms with Crippen molar-refractivity contribution in [3.05, 3.63) is 40.2 Å². The number of rotatable bonds is 3. The first-order valence-electron chi connectivity index (χ1n) is 7.86. The Bertz CT molecular complexity index is 853. The lowest BCUT2D eigenvalue weighted by Crippen LogP contribution is -2.49. The van der Waals surface area contributed by atoms with Crippen molar-refractivity contribution in [2.45, 2.75) is 25.8 Å². The molecule has 2 heterocycles. The van der Waals surface area contributed by atoms with Crippen LogP contribution in [0, 0.1) is 6.92 Å². The number of carbonyl (C=O) groups excluding carboxylic acids is 2. The molecule has 1 aliphatic heterocycles. The van der Waals surface area contributed by atoms with Crippen LogP contribution in [0.3, 0.4) is 0 Å². The highest BCUT2D eigenvalue weighted by atomic mass is 16.4. The molecule has 1 fully saturated rings. The summed E-state index contributed by atoms with van der Waals surface area (Å²) in [6.45, 7) is 2.26. The average Bonchev–Trinajstić information content (AvgIpc) is 3.08. The van der Waals surface area contributed by atoms with Crippen LogP contribution >= 0.6 is 0 Å². The van der Waals surface area contributed by atoms with Crippen LogP contribution in [0.4, 0.5) is 5.69 Å². The molecule has 1 aromatic carbocycles. The fourth-order valence-electron chi connectivity index (χ4n) is 2.99. The highest BCUT2D eigenvalue weighted by Gasteiger charge is 2.31. The van der Waals surface area contributed by atoms with Crippen molar-refractivity contribution in [1.29, 1.82) is 0 Å². The summed E-state index contributed by atoms with van der Waals surface area (Å²) in [5.74, 6) is -0.833. The normalized spacial score (nSPS) is 17.2. The van der Waals surface area contributed by atoms with Gasteiger partial charge in [0.25, 0.3) is 5.91 Å². The first kappa shape index (κ1) is 16.4. The Hall–Kier alpha value is -2.51. The average molecular weight is 329 g/mol. The summed E-state index contributed by atoms with van der Waals surface area (Å²) in [5, 5.41) is 3.84. The largest absolute Gasteiger partial charge is 0.423 e. The van der Waals surface area contributed by atoms with Crippen molar-refractivity contribution in [1.82, 2.24) is 5.32 Å². The third kappa shape index (κ3) is 2.95. The first-order chi connectivity index (χ1) is 11.5. The fourth-order valence-corrected chi connectivity index (χ4v) is 2.99. The molecule has 3 rings (SSSR count). The number of hydrogen-bond acceptors (Lipinski definition) is 6. The van der Waals surface area contributed by atoms with Crippen molar-refractivity contribution in [2.75, 3.05) is 18.0 Å². The third-order valence-electron chi connectivity index (χ3n) is 4.20. The quantitative estimate of drug-likeness (QED) is 0.802. The molecule has 1 saturated heterocycles. The van der Waals surface area contributed by atoms with Crippen LogP contribution in [-0.4, -0.2) is 30.9 Å². The number of nitrogens with zero attached hydrogens (tertiary/aromatic N) is 1. The molecular formula is C17H19N3O4. The summed E-state index contributed by atoms with van der Waals surface area (Å²) in [6.07, 6.45) is 1.56. The number of hydrogen-bond donors (Lipinski definition) is 2. The topological polar surface area (TPSA) is 106 Å². The molecule has 1 atom stereocenters. The van der Waals surface area contributed by atoms with Crippen molar-refractivity contribution >= 4 is 28.5 Å². The number of carbonyl (C=O) groups is 2. The van der Waals surface area contributed by atoms with E-state index in [1.54, 1.807) is 19.1 Å². The van der Waals surface area contributed by atoms with Gasteiger partial charge in [0.05, 0.1) is 18.3 Å². The van der Waals surface area contributed by atoms with Crippen LogP contribution in [-0.2, 0) is 9.59 Å². The van der Waals surface area contributed by atoms with Gasteiger partial charge >= 0.3 is 5.63 Å². The minimum absolute atomic E-state index is 0.283. The van der Waals surface area contributed by atoms with E-state index < -0.39 is 17.6 Å². The zero-order valence-electron chi connectivity index (χ0n) is 13.4. The predicted octanol–water partition coefficient (Wildman–Crippen LogP) is 0.672. The van der Waals surface area contributed by atoms with Gasteiger partial charge in [0.2, 0.25) is 5.91 Å². The van der Waals surface area contributed by atoms with Gasteiger partial charge in [-0.1, -0.05) is 0 Å². The fraction of sp³-hybridized carbons (Fsp3) is 0.353. The molecule has 7 nitrogen and oxygen atoms in total. The van der Waals surface area contributed by atoms with Gasteiger partial charge < -0.3 is 15.5 Å². The molecule has 2 amide bonds. The lowest BCUT2D eigenvalue weighted by Gasteiger charge is -2.23. The summed E-state index contributed by atoms with van der Waals surface area (Å²) in [5.41, 5.74) is 6.45. The molecule has 0 radical (unpaired) electrons. The number of imide groups is 1. The molecule has 0 aliphatic carbocycles. The van der Waals surface area contributed by atoms with Crippen molar-refractivity contribution in [2.24, 2.45) is 5.73 Å². The molecule has 126 valence electrons. The Morgan fingerprint density at radius 2 is 2.17 bits per heavy atom. The zero-order valence-corrected chi connectivity index (χ0v) is 13.4. The van der Waals surface area contributed by atoms with Crippen LogP contribution in [0.1, 0.15) is 18.4 Å². The standard InChI is InChI=1S/C17H19N3O4/c1-10-7-16(22)24-14-8-11(4-5-12(10)14)20(15(21)9-18)17(23)13-3-2-6-19-13/h4-5,7-8,13,19H,2-3,6,9,18H2,1H3/t13-/m0/s1. The first-order valence-corrected chi connectivity index (χ1v) is 7.86. The Kier molecular flexibility index (Phi) is 4.46. The van der Waals surface area contributed by atoms with E-state index in [-0.39, 0.29) is 12.5 Å². The smallest absolute Gasteiger partial charge is 0.336 e. The SMILES string of the molecule is Cc1cc(=O)oc2cc(N(C(=O)CN)C(=O)[C@@H]3CCCN3)ccc12. The number of amides is 2. The molecule has 0 saturated carbocycles. The molecule has 24 heavy (non-hydrogen) atoms. The number of aryl methyl sites for hydroxylation is 1. The lowest BCUT2D eigenvalue weighted by atomic mass is 10.1. The summed E-state index contributed by atoms with van der Waals surface area (Å²) < 4.78 is 5.20. The van der Waals surface area contributed by atoms with Crippen LogP contribution in [0.2, 0.25) is 0 Å². The number of nitrogens with one attached hydrogen (secondary N) is 1. The Morgan fingerprint density at radius 3 is 2.83 bits per heavy atom. The maximum absolute atomic E-state index is 12.7. The molecule has 0 spiro atoms. The van der Waals surface area contributed by atoms with Crippen molar-refractivity contribution in [3.63, 3.8) is 0 Å². The third-order valence-corrected chi connectivity index (χ3v) is 4.20. The number of benzene rings is 1. The van der Waals surface area contributed by atoms with Gasteiger partial charge in [-0.25, -0.2) is 9.69 Å². The Labute approximate surface area is 138 Å². The van der Waals surface area contributed by atoms with E-state index in [4.69, 9.17) is 10.2 Å². The predicted molar refractivity (Wildman–Crippen MR) is 89.8 cm³/mol. The van der Waals surface area contributed by atoms with Crippen molar-refractivity contribution in [3.8, 4) is 0 Å². The van der Waals surface area contributed by atoms with Gasteiger partial charge in [-0.3, -0.25) is 9.59 Å². The van der Waals surface area contributed by atoms with Gasteiger partial charge in [-0.05, 0) is 44.0 Å². The minimum atomic E-state index is -0.497. The summed E-state index contributed by atoms with van der Waals surface area (Å²) in [4.78, 5) is 37.6. The molecule has 2 aromatic rings. The summed E-state index contributed by atoms with van der Waals surface area (Å²) in [6, 6.07) is 5.92. The van der Waals surface area contributed by atoms with Crippen LogP contribution < -0.4 is 21.6 Å². The lowest BCUT2D eigenvalue weighted by molar-refractivity contribution is -0.126. The van der Waals surface area contributed by atoms with E-state index in [0.717, 1.165) is 28.8 Å². The molecule has 7 heteroatoms. The second-order valence-corrected chi connectivity index (χ2v) is 5.85. The van der Waals surface area contributed by atoms with Gasteiger partial charge in [0.1, 0.15) is 5.58 Å². The minimum Gasteiger partial charge on any atom is -0.423 e. The van der Waals surface area contributed by atoms with Crippen molar-refractivity contribution < 1.29 is 14.0 Å². The summed E-state index contributed by atoms with van der Waals surface area (Å²) >= 11 is 0. The van der Waals surface area contributed by atoms with Gasteiger partial charge in [-0.15, -0.1) is 0 Å². The molecule has 1 aromatic heterocycles. The Morgan fingerprint density at radius 1 is 1.38 bits per heavy atom. The van der Waals surface area contributed by atoms with Gasteiger partial charge in [0.15, 0.2) is 0 Å². The van der Waals surface area contributed by atoms with E-state index in [9.17, 15) is 14.4 Å². The van der Waals surface area contributed by atoms with Crippen LogP contribution in [0.15, 0.2) is 33.5 Å². The van der Waals surface area contributed by atoms with E-state index in [1.165, 1.54) is 12.1 Å². The molecule has 3 N–H and O–H groups in total. The van der Waals surface area contributed by atoms with Crippen LogP contribution in [0.25, 0.3) is 11.0 Å². The highest BCUT2D eigenvalue weighted by Crippen LogP contribution is 2.25. The monoisotopic (exact) mass is 329 g/mol. The van der Waals surface area contributed by atoms with E-state index >= 15 is 0 Å². The molecular weight excluding hydrogens is 310 g/mol. The molecule has 1 aliphatic rings. The second-order valence-electron chi connectivity index (χ2n) is 5.85. The van der Waals surface area contributed by atoms with E-state index in [2.05, 4.69) is 5.32 Å². The second kappa shape index (κ2) is 6.54. The van der Waals surface area contributed by atoms with Crippen LogP contribution in [0.5, 0.6) is 0 Å².